The zero-order valence-corrected chi connectivity index (χ0v) is 19.7. The van der Waals surface area contributed by atoms with Crippen molar-refractivity contribution in [3.05, 3.63) is 40.9 Å². The first kappa shape index (κ1) is 25.7. The van der Waals surface area contributed by atoms with Gasteiger partial charge in [0.15, 0.2) is 0 Å². The molecule has 0 saturated carbocycles. The molecule has 0 spiro atoms. The molecule has 1 fully saturated rings. The second-order valence-electron chi connectivity index (χ2n) is 8.05. The van der Waals surface area contributed by atoms with Crippen LogP contribution in [0.4, 0.5) is 13.2 Å². The molecule has 1 aliphatic rings. The summed E-state index contributed by atoms with van der Waals surface area (Å²) in [6.07, 6.45) is -3.36. The van der Waals surface area contributed by atoms with Gasteiger partial charge in [-0.3, -0.25) is 14.4 Å². The summed E-state index contributed by atoms with van der Waals surface area (Å²) in [6, 6.07) is 4.69. The molecule has 0 N–H and O–H groups in total. The number of benzene rings is 1. The maximum Gasteiger partial charge on any atom is 0.416 e. The number of carbonyl (C=O) groups is 3. The number of hydrogen-bond donors (Lipinski definition) is 0. The Balaban J connectivity index is 1.50. The number of carbonyl (C=O) groups excluding carboxylic acids is 3. The smallest absolute Gasteiger partial charge is 0.416 e. The van der Waals surface area contributed by atoms with Gasteiger partial charge in [0.25, 0.3) is 0 Å². The Morgan fingerprint density at radius 1 is 1.18 bits per heavy atom. The summed E-state index contributed by atoms with van der Waals surface area (Å²) in [5, 5.41) is 2.19. The summed E-state index contributed by atoms with van der Waals surface area (Å²) >= 11 is 1.24. The minimum atomic E-state index is -4.40. The van der Waals surface area contributed by atoms with Crippen molar-refractivity contribution in [3.8, 4) is 10.6 Å². The molecule has 2 heterocycles. The van der Waals surface area contributed by atoms with Crippen LogP contribution in [0.3, 0.4) is 0 Å². The largest absolute Gasteiger partial charge is 0.466 e. The van der Waals surface area contributed by atoms with E-state index in [-0.39, 0.29) is 36.7 Å². The number of nitrogens with zero attached hydrogens (tertiary/aromatic N) is 3. The highest BCUT2D eigenvalue weighted by atomic mass is 32.1. The van der Waals surface area contributed by atoms with Crippen LogP contribution in [0.1, 0.15) is 31.0 Å². The van der Waals surface area contributed by atoms with Crippen LogP contribution in [-0.2, 0) is 31.7 Å². The second-order valence-corrected chi connectivity index (χ2v) is 8.91. The Labute approximate surface area is 199 Å². The Hall–Kier alpha value is -2.95. The van der Waals surface area contributed by atoms with E-state index < -0.39 is 11.7 Å². The fourth-order valence-corrected chi connectivity index (χ4v) is 4.45. The monoisotopic (exact) mass is 497 g/mol. The second kappa shape index (κ2) is 11.0. The lowest BCUT2D eigenvalue weighted by molar-refractivity contribution is -0.151. The molecule has 1 saturated heterocycles. The molecule has 7 nitrogen and oxygen atoms in total. The van der Waals surface area contributed by atoms with Crippen LogP contribution in [0.15, 0.2) is 29.6 Å². The normalized spacial score (nSPS) is 14.7. The number of rotatable bonds is 7. The minimum Gasteiger partial charge on any atom is -0.466 e. The quantitative estimate of drug-likeness (QED) is 0.546. The maximum atomic E-state index is 12.7. The Bertz CT molecular complexity index is 1020. The molecule has 0 atom stereocenters. The third kappa shape index (κ3) is 6.55. The van der Waals surface area contributed by atoms with Crippen molar-refractivity contribution in [2.24, 2.45) is 5.92 Å². The SMILES string of the molecule is CCOC(=O)C1CCN(C(=O)CN(C)C(=O)Cc2csc(-c3ccc(C(F)(F)F)cc3)n2)CC1. The van der Waals surface area contributed by atoms with E-state index >= 15 is 0 Å². The maximum absolute atomic E-state index is 12.7. The number of piperidine rings is 1. The van der Waals surface area contributed by atoms with Crippen LogP contribution >= 0.6 is 11.3 Å². The summed E-state index contributed by atoms with van der Waals surface area (Å²) < 4.78 is 43.2. The van der Waals surface area contributed by atoms with Gasteiger partial charge in [0.2, 0.25) is 11.8 Å². The van der Waals surface area contributed by atoms with Gasteiger partial charge in [0.05, 0.1) is 36.7 Å². The van der Waals surface area contributed by atoms with Crippen molar-refractivity contribution in [1.29, 1.82) is 0 Å². The zero-order valence-electron chi connectivity index (χ0n) is 18.9. The van der Waals surface area contributed by atoms with Crippen LogP contribution in [0.25, 0.3) is 10.6 Å². The number of alkyl halides is 3. The van der Waals surface area contributed by atoms with Gasteiger partial charge >= 0.3 is 12.1 Å². The minimum absolute atomic E-state index is 0.0220. The number of halogens is 3. The predicted molar refractivity (Wildman–Crippen MR) is 120 cm³/mol. The third-order valence-corrected chi connectivity index (χ3v) is 6.55. The Morgan fingerprint density at radius 3 is 2.41 bits per heavy atom. The number of hydrogen-bond acceptors (Lipinski definition) is 6. The molecule has 1 aromatic heterocycles. The Kier molecular flexibility index (Phi) is 8.29. The first-order chi connectivity index (χ1) is 16.1. The third-order valence-electron chi connectivity index (χ3n) is 5.61. The molecule has 0 radical (unpaired) electrons. The lowest BCUT2D eigenvalue weighted by Crippen LogP contribution is -2.46. The number of amides is 2. The average Bonchev–Trinajstić information content (AvgIpc) is 3.27. The topological polar surface area (TPSA) is 79.8 Å². The number of ether oxygens (including phenoxy) is 1. The lowest BCUT2D eigenvalue weighted by Gasteiger charge is -2.32. The van der Waals surface area contributed by atoms with E-state index in [1.807, 2.05) is 0 Å². The van der Waals surface area contributed by atoms with E-state index in [1.165, 1.54) is 35.4 Å². The van der Waals surface area contributed by atoms with Crippen LogP contribution in [0, 0.1) is 5.92 Å². The number of likely N-dealkylation sites (tertiary alicyclic amines) is 1. The van der Waals surface area contributed by atoms with Crippen molar-refractivity contribution in [2.45, 2.75) is 32.4 Å². The van der Waals surface area contributed by atoms with Crippen molar-refractivity contribution in [1.82, 2.24) is 14.8 Å². The fraction of sp³-hybridized carbons (Fsp3) is 0.478. The zero-order chi connectivity index (χ0) is 24.9. The molecule has 1 aliphatic heterocycles. The van der Waals surface area contributed by atoms with Gasteiger partial charge < -0.3 is 14.5 Å². The molecule has 0 unspecified atom stereocenters. The molecule has 2 aromatic rings. The van der Waals surface area contributed by atoms with E-state index in [4.69, 9.17) is 4.74 Å². The molecular formula is C23H26F3N3O4S. The first-order valence-corrected chi connectivity index (χ1v) is 11.8. The highest BCUT2D eigenvalue weighted by Crippen LogP contribution is 2.31. The van der Waals surface area contributed by atoms with E-state index in [0.717, 1.165) is 12.1 Å². The highest BCUT2D eigenvalue weighted by Gasteiger charge is 2.30. The molecule has 0 aliphatic carbocycles. The summed E-state index contributed by atoms with van der Waals surface area (Å²) in [7, 11) is 1.54. The molecule has 2 amide bonds. The van der Waals surface area contributed by atoms with Gasteiger partial charge in [-0.15, -0.1) is 11.3 Å². The van der Waals surface area contributed by atoms with Crippen molar-refractivity contribution in [3.63, 3.8) is 0 Å². The van der Waals surface area contributed by atoms with Gasteiger partial charge in [-0.2, -0.15) is 13.2 Å². The summed E-state index contributed by atoms with van der Waals surface area (Å²) in [5.41, 5.74) is 0.283. The molecule has 34 heavy (non-hydrogen) atoms. The van der Waals surface area contributed by atoms with Gasteiger partial charge in [-0.1, -0.05) is 12.1 Å². The Morgan fingerprint density at radius 2 is 1.82 bits per heavy atom. The molecule has 184 valence electrons. The highest BCUT2D eigenvalue weighted by molar-refractivity contribution is 7.13. The molecular weight excluding hydrogens is 471 g/mol. The molecule has 1 aromatic carbocycles. The average molecular weight is 498 g/mol. The summed E-state index contributed by atoms with van der Waals surface area (Å²) in [5.74, 6) is -0.923. The first-order valence-electron chi connectivity index (χ1n) is 10.9. The van der Waals surface area contributed by atoms with E-state index in [1.54, 1.807) is 17.2 Å². The lowest BCUT2D eigenvalue weighted by atomic mass is 9.97. The molecule has 11 heteroatoms. The van der Waals surface area contributed by atoms with Gasteiger partial charge in [0.1, 0.15) is 5.01 Å². The molecule has 0 bridgehead atoms. The van der Waals surface area contributed by atoms with Crippen LogP contribution in [0.5, 0.6) is 0 Å². The van der Waals surface area contributed by atoms with E-state index in [2.05, 4.69) is 4.98 Å². The van der Waals surface area contributed by atoms with Gasteiger partial charge in [-0.05, 0) is 31.9 Å². The molecule has 3 rings (SSSR count). The van der Waals surface area contributed by atoms with Crippen LogP contribution < -0.4 is 0 Å². The number of aromatic nitrogens is 1. The number of esters is 1. The summed E-state index contributed by atoms with van der Waals surface area (Å²) in [6.45, 7) is 2.87. The number of likely N-dealkylation sites (N-methyl/N-ethyl adjacent to an activating group) is 1. The van der Waals surface area contributed by atoms with Crippen LogP contribution in [0.2, 0.25) is 0 Å². The predicted octanol–water partition coefficient (Wildman–Crippen LogP) is 3.63. The van der Waals surface area contributed by atoms with Crippen molar-refractivity contribution < 1.29 is 32.3 Å². The van der Waals surface area contributed by atoms with E-state index in [0.29, 0.717) is 48.8 Å². The van der Waals surface area contributed by atoms with Crippen LogP contribution in [-0.4, -0.2) is 65.9 Å². The number of thiazole rings is 1. The summed E-state index contributed by atoms with van der Waals surface area (Å²) in [4.78, 5) is 44.3. The van der Waals surface area contributed by atoms with Gasteiger partial charge in [0, 0.05) is 31.1 Å². The fourth-order valence-electron chi connectivity index (χ4n) is 3.63. The van der Waals surface area contributed by atoms with Crippen molar-refractivity contribution >= 4 is 29.1 Å². The van der Waals surface area contributed by atoms with E-state index in [9.17, 15) is 27.6 Å². The van der Waals surface area contributed by atoms with Gasteiger partial charge in [-0.25, -0.2) is 4.98 Å². The van der Waals surface area contributed by atoms with Crippen molar-refractivity contribution in [2.75, 3.05) is 33.3 Å². The standard InChI is InChI=1S/C23H26F3N3O4S/c1-3-33-22(32)16-8-10-29(11-9-16)20(31)13-28(2)19(30)12-18-14-34-21(27-18)15-4-6-17(7-5-15)23(24,25)26/h4-7,14,16H,3,8-13H2,1-2H3.